The zero-order chi connectivity index (χ0) is 15.0. The Morgan fingerprint density at radius 3 is 2.43 bits per heavy atom. The van der Waals surface area contributed by atoms with Gasteiger partial charge in [-0.2, -0.15) is 4.98 Å². The molecule has 0 unspecified atom stereocenters. The van der Waals surface area contributed by atoms with Crippen molar-refractivity contribution in [2.75, 3.05) is 31.1 Å². The molecule has 21 heavy (non-hydrogen) atoms. The number of para-hydroxylation sites is 1. The maximum Gasteiger partial charge on any atom is 0.348 e. The number of benzene rings is 1. The molecule has 1 aliphatic heterocycles. The van der Waals surface area contributed by atoms with E-state index in [-0.39, 0.29) is 11.2 Å². The highest BCUT2D eigenvalue weighted by Crippen LogP contribution is 2.20. The van der Waals surface area contributed by atoms with Crippen molar-refractivity contribution >= 4 is 16.9 Å². The fourth-order valence-corrected chi connectivity index (χ4v) is 2.71. The molecule has 1 fully saturated rings. The van der Waals surface area contributed by atoms with Crippen LogP contribution in [0.2, 0.25) is 0 Å². The van der Waals surface area contributed by atoms with Gasteiger partial charge in [-0.3, -0.25) is 4.90 Å². The maximum absolute atomic E-state index is 12.0. The molecule has 2 heterocycles. The Hall–Kier alpha value is -1.88. The van der Waals surface area contributed by atoms with E-state index < -0.39 is 0 Å². The number of nitrogens with zero attached hydrogens (tertiary/aromatic N) is 3. The molecule has 0 saturated carbocycles. The summed E-state index contributed by atoms with van der Waals surface area (Å²) >= 11 is 0. The van der Waals surface area contributed by atoms with Crippen LogP contribution in [0.1, 0.15) is 20.8 Å². The lowest BCUT2D eigenvalue weighted by Gasteiger charge is -2.41. The highest BCUT2D eigenvalue weighted by molar-refractivity contribution is 5.77. The van der Waals surface area contributed by atoms with E-state index in [2.05, 4.69) is 35.6 Å². The molecule has 3 rings (SSSR count). The largest absolute Gasteiger partial charge is 0.389 e. The Bertz CT molecular complexity index is 694. The van der Waals surface area contributed by atoms with Crippen LogP contribution >= 0.6 is 0 Å². The summed E-state index contributed by atoms with van der Waals surface area (Å²) in [4.78, 5) is 21.0. The Balaban J connectivity index is 1.84. The van der Waals surface area contributed by atoms with E-state index in [1.165, 1.54) is 0 Å². The van der Waals surface area contributed by atoms with Gasteiger partial charge in [0.25, 0.3) is 0 Å². The molecule has 5 nitrogen and oxygen atoms in total. The zero-order valence-electron chi connectivity index (χ0n) is 12.8. The molecule has 0 aliphatic carbocycles. The molecule has 112 valence electrons. The van der Waals surface area contributed by atoms with Crippen molar-refractivity contribution in [3.8, 4) is 0 Å². The monoisotopic (exact) mass is 287 g/mol. The number of hydrogen-bond acceptors (Lipinski definition) is 5. The fraction of sp³-hybridized carbons (Fsp3) is 0.500. The summed E-state index contributed by atoms with van der Waals surface area (Å²) in [5.41, 5.74) is 0.555. The van der Waals surface area contributed by atoms with Gasteiger partial charge >= 0.3 is 11.6 Å². The third kappa shape index (κ3) is 2.78. The topological polar surface area (TPSA) is 49.6 Å². The summed E-state index contributed by atoms with van der Waals surface area (Å²) in [7, 11) is 0. The van der Waals surface area contributed by atoms with Gasteiger partial charge in [-0.05, 0) is 32.9 Å². The van der Waals surface area contributed by atoms with E-state index in [1.54, 1.807) is 6.07 Å². The van der Waals surface area contributed by atoms with Crippen LogP contribution in [0.25, 0.3) is 10.9 Å². The van der Waals surface area contributed by atoms with Crippen LogP contribution in [0, 0.1) is 0 Å². The van der Waals surface area contributed by atoms with Crippen molar-refractivity contribution in [1.29, 1.82) is 0 Å². The van der Waals surface area contributed by atoms with Gasteiger partial charge in [0.1, 0.15) is 0 Å². The normalized spacial score (nSPS) is 17.4. The first-order valence-electron chi connectivity index (χ1n) is 7.35. The van der Waals surface area contributed by atoms with Crippen LogP contribution in [0.5, 0.6) is 0 Å². The summed E-state index contributed by atoms with van der Waals surface area (Å²) in [6.45, 7) is 10.2. The van der Waals surface area contributed by atoms with E-state index in [0.29, 0.717) is 16.9 Å². The van der Waals surface area contributed by atoms with Crippen LogP contribution in [0.15, 0.2) is 33.5 Å². The van der Waals surface area contributed by atoms with Gasteiger partial charge in [0.05, 0.1) is 10.9 Å². The van der Waals surface area contributed by atoms with Gasteiger partial charge in [0, 0.05) is 31.7 Å². The molecule has 2 aromatic rings. The zero-order valence-corrected chi connectivity index (χ0v) is 12.8. The summed E-state index contributed by atoms with van der Waals surface area (Å²) in [5.74, 6) is 0. The van der Waals surface area contributed by atoms with Crippen molar-refractivity contribution in [3.05, 3.63) is 34.7 Å². The Morgan fingerprint density at radius 2 is 1.76 bits per heavy atom. The van der Waals surface area contributed by atoms with Gasteiger partial charge in [0.2, 0.25) is 0 Å². The molecule has 1 aromatic carbocycles. The molecule has 1 aliphatic rings. The molecule has 0 bridgehead atoms. The lowest BCUT2D eigenvalue weighted by molar-refractivity contribution is 0.126. The number of hydrogen-bond donors (Lipinski definition) is 0. The Kier molecular flexibility index (Phi) is 3.45. The second kappa shape index (κ2) is 5.15. The van der Waals surface area contributed by atoms with Gasteiger partial charge in [-0.25, -0.2) is 4.79 Å². The molecule has 0 atom stereocenters. The molecule has 1 aromatic heterocycles. The van der Waals surface area contributed by atoms with E-state index in [0.717, 1.165) is 26.2 Å². The second-order valence-electron chi connectivity index (χ2n) is 6.45. The molecule has 1 saturated heterocycles. The Morgan fingerprint density at radius 1 is 1.10 bits per heavy atom. The number of rotatable bonds is 1. The van der Waals surface area contributed by atoms with Crippen molar-refractivity contribution in [2.24, 2.45) is 0 Å². The minimum absolute atomic E-state index is 0.170. The molecule has 0 radical (unpaired) electrons. The fourth-order valence-electron chi connectivity index (χ4n) is 2.71. The molecule has 5 heteroatoms. The van der Waals surface area contributed by atoms with Crippen LogP contribution in [-0.2, 0) is 0 Å². The van der Waals surface area contributed by atoms with E-state index in [4.69, 9.17) is 4.42 Å². The highest BCUT2D eigenvalue weighted by atomic mass is 16.4. The van der Waals surface area contributed by atoms with Crippen molar-refractivity contribution in [2.45, 2.75) is 26.3 Å². The molecular weight excluding hydrogens is 266 g/mol. The maximum atomic E-state index is 12.0. The quantitative estimate of drug-likeness (QED) is 0.804. The summed E-state index contributed by atoms with van der Waals surface area (Å²) in [6, 6.07) is 7.74. The summed E-state index contributed by atoms with van der Waals surface area (Å²) in [5, 5.41) is 0.537. The van der Waals surface area contributed by atoms with Crippen LogP contribution < -0.4 is 10.5 Å². The number of fused-ring (bicyclic) bond motifs is 1. The van der Waals surface area contributed by atoms with E-state index in [1.807, 2.05) is 18.2 Å². The average Bonchev–Trinajstić information content (AvgIpc) is 2.46. The summed E-state index contributed by atoms with van der Waals surface area (Å²) in [6.07, 6.45) is 0. The predicted molar refractivity (Wildman–Crippen MR) is 83.8 cm³/mol. The van der Waals surface area contributed by atoms with Gasteiger partial charge in [-0.15, -0.1) is 0 Å². The third-order valence-electron chi connectivity index (χ3n) is 4.02. The lowest BCUT2D eigenvalue weighted by atomic mass is 10.1. The van der Waals surface area contributed by atoms with Crippen LogP contribution in [0.4, 0.5) is 6.01 Å². The van der Waals surface area contributed by atoms with Crippen LogP contribution in [0.3, 0.4) is 0 Å². The minimum Gasteiger partial charge on any atom is -0.389 e. The van der Waals surface area contributed by atoms with Crippen molar-refractivity contribution < 1.29 is 4.42 Å². The first-order chi connectivity index (χ1) is 9.95. The summed E-state index contributed by atoms with van der Waals surface area (Å²) < 4.78 is 5.39. The average molecular weight is 287 g/mol. The van der Waals surface area contributed by atoms with Crippen molar-refractivity contribution in [3.63, 3.8) is 0 Å². The first-order valence-corrected chi connectivity index (χ1v) is 7.35. The second-order valence-corrected chi connectivity index (χ2v) is 6.45. The third-order valence-corrected chi connectivity index (χ3v) is 4.02. The van der Waals surface area contributed by atoms with E-state index >= 15 is 0 Å². The molecule has 0 spiro atoms. The first kappa shape index (κ1) is 14.1. The van der Waals surface area contributed by atoms with Gasteiger partial charge in [-0.1, -0.05) is 12.1 Å². The van der Waals surface area contributed by atoms with Crippen molar-refractivity contribution in [1.82, 2.24) is 9.88 Å². The van der Waals surface area contributed by atoms with Gasteiger partial charge < -0.3 is 9.32 Å². The highest BCUT2D eigenvalue weighted by Gasteiger charge is 2.27. The molecule has 0 amide bonds. The number of aromatic nitrogens is 1. The molecule has 0 N–H and O–H groups in total. The van der Waals surface area contributed by atoms with Gasteiger partial charge in [0.15, 0.2) is 0 Å². The predicted octanol–water partition coefficient (Wildman–Crippen LogP) is 2.11. The van der Waals surface area contributed by atoms with Crippen LogP contribution in [-0.4, -0.2) is 41.6 Å². The number of piperazine rings is 1. The molecular formula is C16H21N3O2. The number of anilines is 1. The SMILES string of the molecule is CC(C)(C)N1CCN(c2nc3ccccc3c(=O)o2)CC1. The smallest absolute Gasteiger partial charge is 0.348 e. The standard InChI is InChI=1S/C16H21N3O2/c1-16(2,3)19-10-8-18(9-11-19)15-17-13-7-5-4-6-12(13)14(20)21-15/h4-7H,8-11H2,1-3H3. The Labute approximate surface area is 124 Å². The lowest BCUT2D eigenvalue weighted by Crippen LogP contribution is -2.53. The minimum atomic E-state index is -0.311. The van der Waals surface area contributed by atoms with E-state index in [9.17, 15) is 4.79 Å².